The quantitative estimate of drug-likeness (QED) is 0.588. The van der Waals surface area contributed by atoms with Crippen LogP contribution < -0.4 is 19.5 Å². The molecular weight excluding hydrogens is 467 g/mol. The van der Waals surface area contributed by atoms with Crippen molar-refractivity contribution in [3.05, 3.63) is 51.5 Å². The van der Waals surface area contributed by atoms with E-state index in [0.29, 0.717) is 40.9 Å². The summed E-state index contributed by atoms with van der Waals surface area (Å²) >= 11 is 12.3. The van der Waals surface area contributed by atoms with E-state index in [-0.39, 0.29) is 29.3 Å². The molecule has 0 bridgehead atoms. The van der Waals surface area contributed by atoms with Crippen LogP contribution in [0, 0.1) is 5.92 Å². The molecule has 3 rings (SSSR count). The van der Waals surface area contributed by atoms with Gasteiger partial charge in [-0.15, -0.1) is 0 Å². The molecule has 1 saturated heterocycles. The number of amides is 2. The molecule has 1 N–H and O–H groups in total. The second-order valence-corrected chi connectivity index (χ2v) is 8.64. The monoisotopic (exact) mass is 494 g/mol. The van der Waals surface area contributed by atoms with Crippen LogP contribution in [0.3, 0.4) is 0 Å². The summed E-state index contributed by atoms with van der Waals surface area (Å²) in [5.74, 6) is 0.373. The van der Waals surface area contributed by atoms with Gasteiger partial charge in [0.1, 0.15) is 0 Å². The first-order valence-electron chi connectivity index (χ1n) is 10.7. The number of likely N-dealkylation sites (tertiary alicyclic amines) is 1. The Hall–Kier alpha value is -2.64. The molecule has 1 fully saturated rings. The molecule has 0 aliphatic carbocycles. The van der Waals surface area contributed by atoms with Crippen LogP contribution in [0.15, 0.2) is 30.3 Å². The third kappa shape index (κ3) is 5.31. The van der Waals surface area contributed by atoms with Crippen LogP contribution in [0.5, 0.6) is 17.2 Å². The minimum absolute atomic E-state index is 0.104. The van der Waals surface area contributed by atoms with Gasteiger partial charge in [-0.2, -0.15) is 0 Å². The first kappa shape index (κ1) is 25.0. The Morgan fingerprint density at radius 2 is 1.70 bits per heavy atom. The SMILES string of the molecule is CCCNC(=O)[C@H]1CN(C(=O)c2ccc(Cl)cc2Cl)C[C@@H]1c1cc(OC)c(OC)c(OC)c1. The number of nitrogens with one attached hydrogen (secondary N) is 1. The largest absolute Gasteiger partial charge is 0.493 e. The number of halogens is 2. The molecule has 2 atom stereocenters. The predicted octanol–water partition coefficient (Wildman–Crippen LogP) is 4.40. The van der Waals surface area contributed by atoms with Crippen molar-refractivity contribution in [2.24, 2.45) is 5.92 Å². The van der Waals surface area contributed by atoms with E-state index in [1.54, 1.807) is 31.3 Å². The molecule has 0 aromatic heterocycles. The Morgan fingerprint density at radius 3 is 2.24 bits per heavy atom. The number of hydrogen-bond donors (Lipinski definition) is 1. The van der Waals surface area contributed by atoms with Crippen molar-refractivity contribution in [3.8, 4) is 17.2 Å². The second kappa shape index (κ2) is 11.0. The van der Waals surface area contributed by atoms with E-state index in [1.807, 2.05) is 19.1 Å². The molecule has 1 heterocycles. The summed E-state index contributed by atoms with van der Waals surface area (Å²) in [6, 6.07) is 8.42. The average Bonchev–Trinajstić information content (AvgIpc) is 3.26. The van der Waals surface area contributed by atoms with Crippen molar-refractivity contribution in [1.29, 1.82) is 0 Å². The van der Waals surface area contributed by atoms with Gasteiger partial charge < -0.3 is 24.4 Å². The Labute approximate surface area is 203 Å². The minimum Gasteiger partial charge on any atom is -0.493 e. The van der Waals surface area contributed by atoms with Crippen molar-refractivity contribution in [2.45, 2.75) is 19.3 Å². The summed E-state index contributed by atoms with van der Waals surface area (Å²) in [4.78, 5) is 28.0. The molecule has 1 aliphatic rings. The van der Waals surface area contributed by atoms with E-state index in [4.69, 9.17) is 37.4 Å². The molecule has 0 saturated carbocycles. The number of hydrogen-bond acceptors (Lipinski definition) is 5. The lowest BCUT2D eigenvalue weighted by Gasteiger charge is -2.21. The second-order valence-electron chi connectivity index (χ2n) is 7.80. The molecule has 7 nitrogen and oxygen atoms in total. The van der Waals surface area contributed by atoms with Gasteiger partial charge in [0.2, 0.25) is 11.7 Å². The van der Waals surface area contributed by atoms with E-state index < -0.39 is 5.92 Å². The number of methoxy groups -OCH3 is 3. The highest BCUT2D eigenvalue weighted by Crippen LogP contribution is 2.43. The molecule has 33 heavy (non-hydrogen) atoms. The lowest BCUT2D eigenvalue weighted by molar-refractivity contribution is -0.124. The van der Waals surface area contributed by atoms with E-state index in [2.05, 4.69) is 5.32 Å². The van der Waals surface area contributed by atoms with Crippen molar-refractivity contribution >= 4 is 35.0 Å². The summed E-state index contributed by atoms with van der Waals surface area (Å²) in [6.45, 7) is 3.15. The molecule has 2 aromatic carbocycles. The minimum atomic E-state index is -0.450. The summed E-state index contributed by atoms with van der Waals surface area (Å²) in [7, 11) is 4.62. The average molecular weight is 495 g/mol. The van der Waals surface area contributed by atoms with Crippen LogP contribution in [0.2, 0.25) is 10.0 Å². The Morgan fingerprint density at radius 1 is 1.03 bits per heavy atom. The third-order valence-corrected chi connectivity index (χ3v) is 6.32. The topological polar surface area (TPSA) is 77.1 Å². The molecule has 0 spiro atoms. The molecule has 0 unspecified atom stereocenters. The molecular formula is C24H28Cl2N2O5. The highest BCUT2D eigenvalue weighted by atomic mass is 35.5. The Bertz CT molecular complexity index is 1000. The summed E-state index contributed by atoms with van der Waals surface area (Å²) in [6.07, 6.45) is 0.816. The fourth-order valence-electron chi connectivity index (χ4n) is 4.10. The fraction of sp³-hybridized carbons (Fsp3) is 0.417. The Kier molecular flexibility index (Phi) is 8.32. The zero-order valence-corrected chi connectivity index (χ0v) is 20.6. The number of rotatable bonds is 8. The summed E-state index contributed by atoms with van der Waals surface area (Å²) in [5, 5.41) is 3.69. The van der Waals surface area contributed by atoms with Gasteiger partial charge in [0.05, 0.1) is 37.8 Å². The van der Waals surface area contributed by atoms with Crippen molar-refractivity contribution in [2.75, 3.05) is 41.0 Å². The van der Waals surface area contributed by atoms with Crippen LogP contribution in [-0.2, 0) is 4.79 Å². The number of carbonyl (C=O) groups excluding carboxylic acids is 2. The number of ether oxygens (including phenoxy) is 3. The third-order valence-electron chi connectivity index (χ3n) is 5.77. The highest BCUT2D eigenvalue weighted by Gasteiger charge is 2.41. The summed E-state index contributed by atoms with van der Waals surface area (Å²) in [5.41, 5.74) is 1.16. The van der Waals surface area contributed by atoms with Crippen LogP contribution in [0.4, 0.5) is 0 Å². The zero-order chi connectivity index (χ0) is 24.1. The lowest BCUT2D eigenvalue weighted by atomic mass is 9.88. The summed E-state index contributed by atoms with van der Waals surface area (Å²) < 4.78 is 16.4. The van der Waals surface area contributed by atoms with Crippen LogP contribution in [0.25, 0.3) is 0 Å². The molecule has 9 heteroatoms. The van der Waals surface area contributed by atoms with Crippen molar-refractivity contribution in [1.82, 2.24) is 10.2 Å². The van der Waals surface area contributed by atoms with Crippen LogP contribution >= 0.6 is 23.2 Å². The lowest BCUT2D eigenvalue weighted by Crippen LogP contribution is -2.36. The van der Waals surface area contributed by atoms with Crippen molar-refractivity contribution < 1.29 is 23.8 Å². The van der Waals surface area contributed by atoms with E-state index in [0.717, 1.165) is 12.0 Å². The predicted molar refractivity (Wildman–Crippen MR) is 128 cm³/mol. The smallest absolute Gasteiger partial charge is 0.255 e. The molecule has 0 radical (unpaired) electrons. The van der Waals surface area contributed by atoms with Crippen molar-refractivity contribution in [3.63, 3.8) is 0 Å². The van der Waals surface area contributed by atoms with Gasteiger partial charge in [-0.1, -0.05) is 30.1 Å². The molecule has 2 aromatic rings. The highest BCUT2D eigenvalue weighted by molar-refractivity contribution is 6.36. The number of nitrogens with zero attached hydrogens (tertiary/aromatic N) is 1. The van der Waals surface area contributed by atoms with Crippen LogP contribution in [0.1, 0.15) is 35.2 Å². The zero-order valence-electron chi connectivity index (χ0n) is 19.1. The molecule has 2 amide bonds. The maximum Gasteiger partial charge on any atom is 0.255 e. The van der Waals surface area contributed by atoms with Gasteiger partial charge in [0.15, 0.2) is 11.5 Å². The first-order chi connectivity index (χ1) is 15.8. The fourth-order valence-corrected chi connectivity index (χ4v) is 4.59. The molecule has 178 valence electrons. The normalized spacial score (nSPS) is 17.6. The van der Waals surface area contributed by atoms with Gasteiger partial charge in [-0.3, -0.25) is 9.59 Å². The maximum atomic E-state index is 13.3. The first-order valence-corrected chi connectivity index (χ1v) is 11.4. The van der Waals surface area contributed by atoms with Gasteiger partial charge in [0, 0.05) is 30.6 Å². The van der Waals surface area contributed by atoms with Gasteiger partial charge >= 0.3 is 0 Å². The van der Waals surface area contributed by atoms with E-state index >= 15 is 0 Å². The number of carbonyl (C=O) groups is 2. The molecule has 1 aliphatic heterocycles. The van der Waals surface area contributed by atoms with E-state index in [1.165, 1.54) is 13.2 Å². The van der Waals surface area contributed by atoms with Gasteiger partial charge in [-0.05, 0) is 42.3 Å². The van der Waals surface area contributed by atoms with Gasteiger partial charge in [-0.25, -0.2) is 0 Å². The van der Waals surface area contributed by atoms with Crippen LogP contribution in [-0.4, -0.2) is 57.7 Å². The van der Waals surface area contributed by atoms with Gasteiger partial charge in [0.25, 0.3) is 5.91 Å². The standard InChI is InChI=1S/C24H28Cl2N2O5/c1-5-8-27-23(29)18-13-28(24(30)16-7-6-15(25)11-19(16)26)12-17(18)14-9-20(31-2)22(33-4)21(10-14)32-3/h6-7,9-11,17-18H,5,8,12-13H2,1-4H3,(H,27,29)/t17-,18+/m1/s1. The van der Waals surface area contributed by atoms with E-state index in [9.17, 15) is 9.59 Å². The maximum absolute atomic E-state index is 13.3. The Balaban J connectivity index is 1.99. The number of benzene rings is 2.